The first-order valence-electron chi connectivity index (χ1n) is 6.63. The fourth-order valence-corrected chi connectivity index (χ4v) is 4.66. The zero-order valence-electron chi connectivity index (χ0n) is 10.1. The van der Waals surface area contributed by atoms with E-state index in [1.165, 1.54) is 31.4 Å². The van der Waals surface area contributed by atoms with Crippen molar-refractivity contribution in [2.45, 2.75) is 45.2 Å². The Labute approximate surface area is 95.6 Å². The summed E-state index contributed by atoms with van der Waals surface area (Å²) < 4.78 is 6.02. The van der Waals surface area contributed by atoms with Crippen molar-refractivity contribution in [3.05, 3.63) is 12.2 Å². The molecule has 2 heteroatoms. The SMILES string of the molecule is CC[SiH](CC)OCCC1CC2C=CC1C2. The van der Waals surface area contributed by atoms with Gasteiger partial charge < -0.3 is 4.43 Å². The fraction of sp³-hybridized carbons (Fsp3) is 0.846. The molecule has 0 aromatic carbocycles. The van der Waals surface area contributed by atoms with E-state index in [0.29, 0.717) is 0 Å². The molecular formula is C13H24OSi. The molecule has 0 spiro atoms. The van der Waals surface area contributed by atoms with Crippen LogP contribution in [0.4, 0.5) is 0 Å². The maximum absolute atomic E-state index is 6.02. The van der Waals surface area contributed by atoms with Crippen LogP contribution in [0.2, 0.25) is 12.1 Å². The third-order valence-electron chi connectivity index (χ3n) is 4.17. The summed E-state index contributed by atoms with van der Waals surface area (Å²) in [5, 5.41) is 0. The van der Waals surface area contributed by atoms with Crippen LogP contribution < -0.4 is 0 Å². The Morgan fingerprint density at radius 2 is 2.00 bits per heavy atom. The third kappa shape index (κ3) is 2.73. The van der Waals surface area contributed by atoms with Crippen molar-refractivity contribution in [1.82, 2.24) is 0 Å². The highest BCUT2D eigenvalue weighted by atomic mass is 28.3. The Kier molecular flexibility index (Phi) is 4.03. The molecule has 0 aromatic heterocycles. The molecule has 0 aliphatic heterocycles. The number of allylic oxidation sites excluding steroid dienone is 2. The second-order valence-corrected chi connectivity index (χ2v) is 8.35. The highest BCUT2D eigenvalue weighted by molar-refractivity contribution is 6.51. The fourth-order valence-electron chi connectivity index (χ4n) is 3.14. The lowest BCUT2D eigenvalue weighted by atomic mass is 9.91. The largest absolute Gasteiger partial charge is 0.420 e. The second-order valence-electron chi connectivity index (χ2n) is 5.14. The van der Waals surface area contributed by atoms with E-state index in [-0.39, 0.29) is 0 Å². The Hall–Kier alpha value is -0.0831. The summed E-state index contributed by atoms with van der Waals surface area (Å²) in [5.41, 5.74) is 0. The van der Waals surface area contributed by atoms with Crippen molar-refractivity contribution in [3.8, 4) is 0 Å². The van der Waals surface area contributed by atoms with Crippen LogP contribution in [0.25, 0.3) is 0 Å². The van der Waals surface area contributed by atoms with E-state index in [4.69, 9.17) is 4.43 Å². The predicted octanol–water partition coefficient (Wildman–Crippen LogP) is 3.37. The monoisotopic (exact) mass is 224 g/mol. The van der Waals surface area contributed by atoms with E-state index in [1.807, 2.05) is 0 Å². The van der Waals surface area contributed by atoms with Crippen molar-refractivity contribution < 1.29 is 4.43 Å². The molecule has 2 bridgehead atoms. The van der Waals surface area contributed by atoms with E-state index in [2.05, 4.69) is 26.0 Å². The van der Waals surface area contributed by atoms with Crippen molar-refractivity contribution in [2.75, 3.05) is 6.61 Å². The molecule has 0 amide bonds. The number of fused-ring (bicyclic) bond motifs is 2. The van der Waals surface area contributed by atoms with E-state index in [1.54, 1.807) is 0 Å². The summed E-state index contributed by atoms with van der Waals surface area (Å²) in [7, 11) is -0.789. The Bertz CT molecular complexity index is 223. The molecule has 1 saturated carbocycles. The number of hydrogen-bond acceptors (Lipinski definition) is 1. The number of hydrogen-bond donors (Lipinski definition) is 0. The molecule has 0 N–H and O–H groups in total. The van der Waals surface area contributed by atoms with Gasteiger partial charge in [-0.05, 0) is 49.1 Å². The molecule has 2 aliphatic carbocycles. The first-order valence-corrected chi connectivity index (χ1v) is 8.73. The summed E-state index contributed by atoms with van der Waals surface area (Å²) in [6, 6.07) is 2.60. The van der Waals surface area contributed by atoms with Gasteiger partial charge in [-0.2, -0.15) is 0 Å². The summed E-state index contributed by atoms with van der Waals surface area (Å²) in [6.07, 6.45) is 9.07. The molecule has 0 heterocycles. The van der Waals surface area contributed by atoms with Gasteiger partial charge in [0.15, 0.2) is 9.04 Å². The highest BCUT2D eigenvalue weighted by Crippen LogP contribution is 2.44. The lowest BCUT2D eigenvalue weighted by Crippen LogP contribution is -2.18. The minimum Gasteiger partial charge on any atom is -0.420 e. The van der Waals surface area contributed by atoms with E-state index >= 15 is 0 Å². The lowest BCUT2D eigenvalue weighted by molar-refractivity contribution is 0.263. The van der Waals surface area contributed by atoms with Gasteiger partial charge in [0.25, 0.3) is 0 Å². The molecule has 86 valence electrons. The van der Waals surface area contributed by atoms with Crippen LogP contribution in [0.1, 0.15) is 33.1 Å². The van der Waals surface area contributed by atoms with Crippen LogP contribution in [0.15, 0.2) is 12.2 Å². The Balaban J connectivity index is 1.64. The van der Waals surface area contributed by atoms with Crippen LogP contribution in [0.5, 0.6) is 0 Å². The van der Waals surface area contributed by atoms with Gasteiger partial charge in [-0.3, -0.25) is 0 Å². The minimum atomic E-state index is -0.789. The Morgan fingerprint density at radius 1 is 1.20 bits per heavy atom. The summed E-state index contributed by atoms with van der Waals surface area (Å²) in [4.78, 5) is 0. The van der Waals surface area contributed by atoms with Gasteiger partial charge in [-0.15, -0.1) is 0 Å². The van der Waals surface area contributed by atoms with Crippen LogP contribution in [0, 0.1) is 17.8 Å². The predicted molar refractivity (Wildman–Crippen MR) is 67.5 cm³/mol. The van der Waals surface area contributed by atoms with Crippen molar-refractivity contribution >= 4 is 9.04 Å². The maximum Gasteiger partial charge on any atom is 0.176 e. The van der Waals surface area contributed by atoms with Gasteiger partial charge in [-0.25, -0.2) is 0 Å². The molecule has 1 fully saturated rings. The first-order chi connectivity index (χ1) is 7.33. The van der Waals surface area contributed by atoms with Crippen molar-refractivity contribution in [2.24, 2.45) is 17.8 Å². The average molecular weight is 224 g/mol. The quantitative estimate of drug-likeness (QED) is 0.496. The summed E-state index contributed by atoms with van der Waals surface area (Å²) in [6.45, 7) is 5.60. The van der Waals surface area contributed by atoms with Gasteiger partial charge in [0, 0.05) is 6.61 Å². The molecule has 0 saturated heterocycles. The Morgan fingerprint density at radius 3 is 2.53 bits per heavy atom. The van der Waals surface area contributed by atoms with E-state index in [9.17, 15) is 0 Å². The van der Waals surface area contributed by atoms with Crippen LogP contribution >= 0.6 is 0 Å². The molecule has 2 rings (SSSR count). The third-order valence-corrected chi connectivity index (χ3v) is 6.70. The van der Waals surface area contributed by atoms with Gasteiger partial charge in [0.2, 0.25) is 0 Å². The van der Waals surface area contributed by atoms with Crippen LogP contribution in [-0.4, -0.2) is 15.6 Å². The van der Waals surface area contributed by atoms with Crippen molar-refractivity contribution in [3.63, 3.8) is 0 Å². The van der Waals surface area contributed by atoms with Gasteiger partial charge in [0.05, 0.1) is 0 Å². The molecule has 0 radical (unpaired) electrons. The molecule has 2 aliphatic rings. The topological polar surface area (TPSA) is 9.23 Å². The van der Waals surface area contributed by atoms with E-state index < -0.39 is 9.04 Å². The average Bonchev–Trinajstić information content (AvgIpc) is 2.86. The molecule has 3 atom stereocenters. The standard InChI is InChI=1S/C13H24OSi/c1-3-15(4-2)14-8-7-13-10-11-5-6-12(13)9-11/h5-6,11-13,15H,3-4,7-10H2,1-2H3. The highest BCUT2D eigenvalue weighted by Gasteiger charge is 2.34. The first kappa shape index (κ1) is 11.4. The zero-order chi connectivity index (χ0) is 10.7. The van der Waals surface area contributed by atoms with Crippen LogP contribution in [0.3, 0.4) is 0 Å². The van der Waals surface area contributed by atoms with Crippen molar-refractivity contribution in [1.29, 1.82) is 0 Å². The molecule has 15 heavy (non-hydrogen) atoms. The normalized spacial score (nSPS) is 33.1. The molecular weight excluding hydrogens is 200 g/mol. The maximum atomic E-state index is 6.02. The molecule has 0 aromatic rings. The zero-order valence-corrected chi connectivity index (χ0v) is 11.3. The van der Waals surface area contributed by atoms with E-state index in [0.717, 1.165) is 24.4 Å². The summed E-state index contributed by atoms with van der Waals surface area (Å²) >= 11 is 0. The lowest BCUT2D eigenvalue weighted by Gasteiger charge is -2.19. The van der Waals surface area contributed by atoms with Crippen LogP contribution in [-0.2, 0) is 4.43 Å². The summed E-state index contributed by atoms with van der Waals surface area (Å²) in [5.74, 6) is 2.77. The van der Waals surface area contributed by atoms with Gasteiger partial charge >= 0.3 is 0 Å². The molecule has 1 nitrogen and oxygen atoms in total. The smallest absolute Gasteiger partial charge is 0.176 e. The molecule has 3 unspecified atom stereocenters. The van der Waals surface area contributed by atoms with Gasteiger partial charge in [0.1, 0.15) is 0 Å². The van der Waals surface area contributed by atoms with Gasteiger partial charge in [-0.1, -0.05) is 26.0 Å². The number of rotatable bonds is 6. The minimum absolute atomic E-state index is 0.789. The second kappa shape index (κ2) is 5.31.